The van der Waals surface area contributed by atoms with Gasteiger partial charge in [-0.2, -0.15) is 0 Å². The number of nitrogens with zero attached hydrogens (tertiary/aromatic N) is 1. The van der Waals surface area contributed by atoms with E-state index in [0.717, 1.165) is 22.2 Å². The number of anilines is 1. The minimum atomic E-state index is -0.581. The van der Waals surface area contributed by atoms with E-state index in [1.165, 1.54) is 25.3 Å². The number of carbonyl (C=O) groups is 3. The number of halogens is 3. The third-order valence-electron chi connectivity index (χ3n) is 5.13. The molecule has 190 valence electrons. The molecule has 0 radical (unpaired) electrons. The average molecular weight is 606 g/mol. The first-order chi connectivity index (χ1) is 17.7. The highest BCUT2D eigenvalue weighted by Crippen LogP contribution is 2.39. The van der Waals surface area contributed by atoms with E-state index in [-0.39, 0.29) is 17.3 Å². The van der Waals surface area contributed by atoms with E-state index in [1.807, 2.05) is 0 Å². The normalized spacial score (nSPS) is 14.3. The van der Waals surface area contributed by atoms with Gasteiger partial charge in [-0.15, -0.1) is 0 Å². The van der Waals surface area contributed by atoms with Crippen molar-refractivity contribution < 1.29 is 28.2 Å². The Balaban J connectivity index is 1.46. The molecule has 0 unspecified atom stereocenters. The van der Waals surface area contributed by atoms with Crippen LogP contribution in [0, 0.1) is 5.82 Å². The molecule has 3 amide bonds. The van der Waals surface area contributed by atoms with E-state index in [1.54, 1.807) is 48.5 Å². The van der Waals surface area contributed by atoms with Crippen LogP contribution in [0.1, 0.15) is 11.1 Å². The Bertz CT molecular complexity index is 1400. The van der Waals surface area contributed by atoms with Gasteiger partial charge in [-0.05, 0) is 87.4 Å². The molecule has 0 atom stereocenters. The molecule has 1 aliphatic rings. The SMILES string of the molecule is COc1cc(/C=C2/SC(=O)N(CC(=O)Nc3cccc(Cl)c3)C2=O)cc(Br)c1OCc1ccc(F)cc1. The van der Waals surface area contributed by atoms with Crippen LogP contribution in [0.25, 0.3) is 6.08 Å². The summed E-state index contributed by atoms with van der Waals surface area (Å²) in [6.07, 6.45) is 1.54. The quantitative estimate of drug-likeness (QED) is 0.295. The van der Waals surface area contributed by atoms with Crippen LogP contribution in [-0.4, -0.2) is 35.6 Å². The second-order valence-electron chi connectivity index (χ2n) is 7.78. The van der Waals surface area contributed by atoms with Gasteiger partial charge in [0.05, 0.1) is 16.5 Å². The molecule has 3 aromatic carbocycles. The van der Waals surface area contributed by atoms with Crippen molar-refractivity contribution in [3.8, 4) is 11.5 Å². The average Bonchev–Trinajstić information content (AvgIpc) is 3.11. The lowest BCUT2D eigenvalue weighted by atomic mass is 10.1. The molecular weight excluding hydrogens is 587 g/mol. The van der Waals surface area contributed by atoms with Crippen molar-refractivity contribution in [1.82, 2.24) is 4.90 Å². The molecule has 1 fully saturated rings. The van der Waals surface area contributed by atoms with E-state index in [2.05, 4.69) is 21.2 Å². The zero-order valence-corrected chi connectivity index (χ0v) is 22.5. The van der Waals surface area contributed by atoms with Crippen LogP contribution in [0.5, 0.6) is 11.5 Å². The minimum absolute atomic E-state index is 0.162. The fraction of sp³-hybridized carbons (Fsp3) is 0.115. The Morgan fingerprint density at radius 1 is 1.16 bits per heavy atom. The Labute approximate surface area is 229 Å². The Morgan fingerprint density at radius 3 is 2.62 bits per heavy atom. The molecule has 1 saturated heterocycles. The molecule has 0 aliphatic carbocycles. The number of ether oxygens (including phenoxy) is 2. The van der Waals surface area contributed by atoms with Gasteiger partial charge in [0.25, 0.3) is 11.1 Å². The number of benzene rings is 3. The second-order valence-corrected chi connectivity index (χ2v) is 10.1. The first kappa shape index (κ1) is 26.7. The second kappa shape index (κ2) is 11.8. The van der Waals surface area contributed by atoms with Gasteiger partial charge in [0, 0.05) is 10.7 Å². The largest absolute Gasteiger partial charge is 0.493 e. The first-order valence-corrected chi connectivity index (χ1v) is 12.8. The van der Waals surface area contributed by atoms with Gasteiger partial charge < -0.3 is 14.8 Å². The highest BCUT2D eigenvalue weighted by atomic mass is 79.9. The maximum absolute atomic E-state index is 13.1. The molecule has 11 heteroatoms. The molecule has 0 spiro atoms. The van der Waals surface area contributed by atoms with E-state index in [0.29, 0.717) is 32.2 Å². The van der Waals surface area contributed by atoms with E-state index in [4.69, 9.17) is 21.1 Å². The molecule has 1 aliphatic heterocycles. The number of amides is 3. The summed E-state index contributed by atoms with van der Waals surface area (Å²) in [7, 11) is 1.47. The Kier molecular flexibility index (Phi) is 8.52. The molecule has 0 bridgehead atoms. The van der Waals surface area contributed by atoms with Gasteiger partial charge in [-0.25, -0.2) is 4.39 Å². The zero-order valence-electron chi connectivity index (χ0n) is 19.3. The lowest BCUT2D eigenvalue weighted by molar-refractivity contribution is -0.127. The molecule has 0 aromatic heterocycles. The van der Waals surface area contributed by atoms with Crippen LogP contribution < -0.4 is 14.8 Å². The predicted molar refractivity (Wildman–Crippen MR) is 144 cm³/mol. The summed E-state index contributed by atoms with van der Waals surface area (Å²) in [4.78, 5) is 38.8. The number of hydrogen-bond acceptors (Lipinski definition) is 6. The van der Waals surface area contributed by atoms with Crippen LogP contribution in [-0.2, 0) is 16.2 Å². The summed E-state index contributed by atoms with van der Waals surface area (Å²) < 4.78 is 25.0. The fourth-order valence-corrected chi connectivity index (χ4v) is 5.00. The first-order valence-electron chi connectivity index (χ1n) is 10.8. The van der Waals surface area contributed by atoms with E-state index in [9.17, 15) is 18.8 Å². The standard InChI is InChI=1S/C26H19BrClFN2O5S/c1-35-21-10-16(9-20(27)24(21)36-14-15-5-7-18(29)8-6-15)11-22-25(33)31(26(34)37-22)13-23(32)30-19-4-2-3-17(28)12-19/h2-12H,13-14H2,1H3,(H,30,32)/b22-11+. The van der Waals surface area contributed by atoms with Crippen LogP contribution in [0.2, 0.25) is 5.02 Å². The minimum Gasteiger partial charge on any atom is -0.493 e. The van der Waals surface area contributed by atoms with Crippen LogP contribution in [0.15, 0.2) is 70.0 Å². The van der Waals surface area contributed by atoms with Crippen molar-refractivity contribution in [2.24, 2.45) is 0 Å². The predicted octanol–water partition coefficient (Wildman–Crippen LogP) is 6.50. The van der Waals surface area contributed by atoms with Gasteiger partial charge in [-0.3, -0.25) is 19.3 Å². The number of nitrogens with one attached hydrogen (secondary N) is 1. The highest BCUT2D eigenvalue weighted by Gasteiger charge is 2.36. The molecule has 1 N–H and O–H groups in total. The van der Waals surface area contributed by atoms with Crippen LogP contribution >= 0.6 is 39.3 Å². The summed E-state index contributed by atoms with van der Waals surface area (Å²) >= 11 is 10.1. The number of imide groups is 1. The summed E-state index contributed by atoms with van der Waals surface area (Å²) in [5, 5.41) is 2.51. The van der Waals surface area contributed by atoms with E-state index >= 15 is 0 Å². The van der Waals surface area contributed by atoms with Gasteiger partial charge >= 0.3 is 0 Å². The molecule has 37 heavy (non-hydrogen) atoms. The molecule has 1 heterocycles. The number of carbonyl (C=O) groups excluding carboxylic acids is 3. The lowest BCUT2D eigenvalue weighted by Crippen LogP contribution is -2.36. The van der Waals surface area contributed by atoms with Crippen molar-refractivity contribution in [3.05, 3.63) is 92.0 Å². The van der Waals surface area contributed by atoms with Crippen molar-refractivity contribution in [3.63, 3.8) is 0 Å². The lowest BCUT2D eigenvalue weighted by Gasteiger charge is -2.14. The third-order valence-corrected chi connectivity index (χ3v) is 6.86. The zero-order chi connectivity index (χ0) is 26.5. The summed E-state index contributed by atoms with van der Waals surface area (Å²) in [5.74, 6) is -0.628. The van der Waals surface area contributed by atoms with Crippen LogP contribution in [0.3, 0.4) is 0 Å². The van der Waals surface area contributed by atoms with Gasteiger partial charge in [0.1, 0.15) is 19.0 Å². The van der Waals surface area contributed by atoms with Crippen molar-refractivity contribution in [1.29, 1.82) is 0 Å². The van der Waals surface area contributed by atoms with Crippen molar-refractivity contribution in [2.45, 2.75) is 6.61 Å². The van der Waals surface area contributed by atoms with Crippen molar-refractivity contribution >= 4 is 68.1 Å². The van der Waals surface area contributed by atoms with E-state index < -0.39 is 23.6 Å². The molecule has 4 rings (SSSR count). The van der Waals surface area contributed by atoms with Crippen LogP contribution in [0.4, 0.5) is 14.9 Å². The number of methoxy groups -OCH3 is 1. The highest BCUT2D eigenvalue weighted by molar-refractivity contribution is 9.10. The topological polar surface area (TPSA) is 84.9 Å². The van der Waals surface area contributed by atoms with Gasteiger partial charge in [0.2, 0.25) is 5.91 Å². The van der Waals surface area contributed by atoms with Crippen molar-refractivity contribution in [2.75, 3.05) is 19.0 Å². The number of thioether (sulfide) groups is 1. The molecule has 7 nitrogen and oxygen atoms in total. The maximum Gasteiger partial charge on any atom is 0.294 e. The maximum atomic E-state index is 13.1. The summed E-state index contributed by atoms with van der Waals surface area (Å²) in [6, 6.07) is 15.9. The van der Waals surface area contributed by atoms with Gasteiger partial charge in [0.15, 0.2) is 11.5 Å². The van der Waals surface area contributed by atoms with Gasteiger partial charge in [-0.1, -0.05) is 29.8 Å². The Morgan fingerprint density at radius 2 is 1.92 bits per heavy atom. The smallest absolute Gasteiger partial charge is 0.294 e. The molecule has 3 aromatic rings. The fourth-order valence-electron chi connectivity index (χ4n) is 3.40. The summed E-state index contributed by atoms with van der Waals surface area (Å²) in [6.45, 7) is -0.248. The summed E-state index contributed by atoms with van der Waals surface area (Å²) in [5.41, 5.74) is 1.80. The number of rotatable bonds is 8. The monoisotopic (exact) mass is 604 g/mol. The third kappa shape index (κ3) is 6.71. The number of hydrogen-bond donors (Lipinski definition) is 1. The molecular formula is C26H19BrClFN2O5S. The molecule has 0 saturated carbocycles. The Hall–Kier alpha value is -3.34.